The largest absolute Gasteiger partial charge is 0.491 e. The Morgan fingerprint density at radius 2 is 2.07 bits per heavy atom. The molecule has 3 N–H and O–H groups in total. The minimum absolute atomic E-state index is 0.161. The van der Waals surface area contributed by atoms with Crippen molar-refractivity contribution in [3.8, 4) is 11.5 Å². The van der Waals surface area contributed by atoms with E-state index in [9.17, 15) is 14.4 Å². The number of aromatic nitrogens is 2. The number of carbonyl (C=O) groups is 1. The van der Waals surface area contributed by atoms with Crippen molar-refractivity contribution in [2.75, 3.05) is 13.7 Å². The Labute approximate surface area is 159 Å². The molecule has 1 amide bonds. The first-order valence-electron chi connectivity index (χ1n) is 8.00. The first kappa shape index (κ1) is 20.2. The van der Waals surface area contributed by atoms with Gasteiger partial charge >= 0.3 is 5.69 Å². The smallest absolute Gasteiger partial charge is 0.325 e. The predicted octanol–water partition coefficient (Wildman–Crippen LogP) is 1.13. The number of ether oxygens (including phenoxy) is 2. The summed E-state index contributed by atoms with van der Waals surface area (Å²) in [5, 5.41) is 4.19. The number of hydrazone groups is 1. The second kappa shape index (κ2) is 9.04. The fourth-order valence-electron chi connectivity index (χ4n) is 2.34. The molecule has 9 nitrogen and oxygen atoms in total. The van der Waals surface area contributed by atoms with E-state index in [0.717, 1.165) is 0 Å². The van der Waals surface area contributed by atoms with Gasteiger partial charge in [-0.05, 0) is 31.5 Å². The Morgan fingerprint density at radius 3 is 2.70 bits per heavy atom. The molecule has 0 aliphatic rings. The van der Waals surface area contributed by atoms with E-state index in [1.165, 1.54) is 20.2 Å². The first-order valence-corrected chi connectivity index (χ1v) is 8.37. The van der Waals surface area contributed by atoms with Crippen LogP contribution in [0.1, 0.15) is 23.7 Å². The Kier molecular flexibility index (Phi) is 6.78. The van der Waals surface area contributed by atoms with Gasteiger partial charge < -0.3 is 14.5 Å². The molecule has 0 fully saturated rings. The standard InChI is InChI=1S/C17H19ClN4O5/c1-4-27-13-6-10(5-12(18)15(13)26-3)8-19-22-14(23)7-11-9(2)20-17(25)21-16(11)24/h5-6,8H,4,7H2,1-3H3,(H,22,23)(H2,20,21,24,25)/b19-8-. The number of benzene rings is 1. The fourth-order valence-corrected chi connectivity index (χ4v) is 2.64. The summed E-state index contributed by atoms with van der Waals surface area (Å²) in [7, 11) is 1.48. The zero-order valence-corrected chi connectivity index (χ0v) is 15.8. The van der Waals surface area contributed by atoms with Crippen molar-refractivity contribution in [3.63, 3.8) is 0 Å². The maximum atomic E-state index is 12.0. The molecule has 0 aliphatic carbocycles. The van der Waals surface area contributed by atoms with Gasteiger partial charge in [-0.25, -0.2) is 10.2 Å². The van der Waals surface area contributed by atoms with Gasteiger partial charge in [-0.3, -0.25) is 14.6 Å². The van der Waals surface area contributed by atoms with Crippen LogP contribution in [0, 0.1) is 6.92 Å². The Balaban J connectivity index is 2.10. The molecule has 0 aliphatic heterocycles. The number of carbonyl (C=O) groups excluding carboxylic acids is 1. The van der Waals surface area contributed by atoms with Crippen molar-refractivity contribution in [1.82, 2.24) is 15.4 Å². The van der Waals surface area contributed by atoms with Crippen LogP contribution < -0.4 is 26.1 Å². The second-order valence-corrected chi connectivity index (χ2v) is 5.86. The number of methoxy groups -OCH3 is 1. The highest BCUT2D eigenvalue weighted by Crippen LogP contribution is 2.35. The number of nitrogens with one attached hydrogen (secondary N) is 3. The molecule has 1 aromatic carbocycles. The number of nitrogens with zero attached hydrogens (tertiary/aromatic N) is 1. The van der Waals surface area contributed by atoms with E-state index in [2.05, 4.69) is 20.5 Å². The van der Waals surface area contributed by atoms with Crippen LogP contribution >= 0.6 is 11.6 Å². The number of aromatic amines is 2. The van der Waals surface area contributed by atoms with Crippen LogP contribution in [0.4, 0.5) is 0 Å². The third-order valence-electron chi connectivity index (χ3n) is 3.53. The normalized spacial score (nSPS) is 10.8. The quantitative estimate of drug-likeness (QED) is 0.479. The number of amides is 1. The van der Waals surface area contributed by atoms with Crippen LogP contribution in [0.25, 0.3) is 0 Å². The molecule has 1 aromatic heterocycles. The van der Waals surface area contributed by atoms with Crippen molar-refractivity contribution in [2.45, 2.75) is 20.3 Å². The zero-order chi connectivity index (χ0) is 20.0. The van der Waals surface area contributed by atoms with Crippen molar-refractivity contribution in [1.29, 1.82) is 0 Å². The lowest BCUT2D eigenvalue weighted by Gasteiger charge is -2.11. The molecule has 1 heterocycles. The van der Waals surface area contributed by atoms with Crippen molar-refractivity contribution in [2.24, 2.45) is 5.10 Å². The summed E-state index contributed by atoms with van der Waals surface area (Å²) in [6.45, 7) is 3.79. The molecule has 0 unspecified atom stereocenters. The Morgan fingerprint density at radius 1 is 1.33 bits per heavy atom. The molecule has 0 spiro atoms. The van der Waals surface area contributed by atoms with E-state index in [0.29, 0.717) is 34.4 Å². The van der Waals surface area contributed by atoms with Gasteiger partial charge in [-0.2, -0.15) is 5.10 Å². The van der Waals surface area contributed by atoms with Crippen LogP contribution in [0.3, 0.4) is 0 Å². The molecular weight excluding hydrogens is 376 g/mol. The highest BCUT2D eigenvalue weighted by molar-refractivity contribution is 6.32. The minimum atomic E-state index is -0.624. The van der Waals surface area contributed by atoms with Gasteiger partial charge in [0.2, 0.25) is 5.91 Å². The molecule has 2 aromatic rings. The number of rotatable bonds is 7. The molecule has 10 heteroatoms. The van der Waals surface area contributed by atoms with E-state index in [1.807, 2.05) is 6.92 Å². The van der Waals surface area contributed by atoms with Gasteiger partial charge in [0.05, 0.1) is 31.4 Å². The zero-order valence-electron chi connectivity index (χ0n) is 15.0. The van der Waals surface area contributed by atoms with Gasteiger partial charge in [0.1, 0.15) is 0 Å². The van der Waals surface area contributed by atoms with Gasteiger partial charge in [0.25, 0.3) is 5.56 Å². The van der Waals surface area contributed by atoms with E-state index in [-0.39, 0.29) is 12.0 Å². The summed E-state index contributed by atoms with van der Waals surface area (Å²) in [4.78, 5) is 39.4. The fraction of sp³-hybridized carbons (Fsp3) is 0.294. The highest BCUT2D eigenvalue weighted by atomic mass is 35.5. The first-order chi connectivity index (χ1) is 12.8. The average molecular weight is 395 g/mol. The minimum Gasteiger partial charge on any atom is -0.491 e. The third-order valence-corrected chi connectivity index (χ3v) is 3.81. The van der Waals surface area contributed by atoms with Gasteiger partial charge in [0, 0.05) is 11.3 Å². The topological polar surface area (TPSA) is 126 Å². The number of halogens is 1. The second-order valence-electron chi connectivity index (χ2n) is 5.45. The lowest BCUT2D eigenvalue weighted by molar-refractivity contribution is -0.120. The molecule has 2 rings (SSSR count). The van der Waals surface area contributed by atoms with Crippen molar-refractivity contribution >= 4 is 23.7 Å². The highest BCUT2D eigenvalue weighted by Gasteiger charge is 2.12. The molecule has 0 bridgehead atoms. The molecule has 0 radical (unpaired) electrons. The molecule has 0 saturated heterocycles. The molecule has 144 valence electrons. The van der Waals surface area contributed by atoms with E-state index in [1.54, 1.807) is 12.1 Å². The number of aryl methyl sites for hydroxylation is 1. The SMILES string of the molecule is CCOc1cc(/C=N\NC(=O)Cc2c(C)[nH]c(=O)[nH]c2=O)cc(Cl)c1OC. The van der Waals surface area contributed by atoms with Gasteiger partial charge in [-0.15, -0.1) is 0 Å². The maximum Gasteiger partial charge on any atom is 0.325 e. The van der Waals surface area contributed by atoms with Crippen LogP contribution in [-0.2, 0) is 11.2 Å². The van der Waals surface area contributed by atoms with Crippen molar-refractivity contribution in [3.05, 3.63) is 54.8 Å². The number of hydrogen-bond acceptors (Lipinski definition) is 6. The van der Waals surface area contributed by atoms with Crippen LogP contribution in [0.5, 0.6) is 11.5 Å². The maximum absolute atomic E-state index is 12.0. The monoisotopic (exact) mass is 394 g/mol. The summed E-state index contributed by atoms with van der Waals surface area (Å²) in [5.41, 5.74) is 2.15. The summed E-state index contributed by atoms with van der Waals surface area (Å²) in [6.07, 6.45) is 1.15. The summed E-state index contributed by atoms with van der Waals surface area (Å²) < 4.78 is 10.7. The van der Waals surface area contributed by atoms with Crippen LogP contribution in [0.15, 0.2) is 26.8 Å². The molecule has 0 saturated carbocycles. The van der Waals surface area contributed by atoms with Gasteiger partial charge in [-0.1, -0.05) is 11.6 Å². The summed E-state index contributed by atoms with van der Waals surface area (Å²) in [5.74, 6) is 0.347. The third kappa shape index (κ3) is 5.20. The lowest BCUT2D eigenvalue weighted by atomic mass is 10.1. The van der Waals surface area contributed by atoms with E-state index in [4.69, 9.17) is 21.1 Å². The predicted molar refractivity (Wildman–Crippen MR) is 101 cm³/mol. The van der Waals surface area contributed by atoms with Crippen LogP contribution in [-0.4, -0.2) is 35.8 Å². The van der Waals surface area contributed by atoms with Crippen molar-refractivity contribution < 1.29 is 14.3 Å². The Bertz CT molecular complexity index is 980. The van der Waals surface area contributed by atoms with Crippen LogP contribution in [0.2, 0.25) is 5.02 Å². The molecule has 0 atom stereocenters. The van der Waals surface area contributed by atoms with E-state index < -0.39 is 17.2 Å². The van der Waals surface area contributed by atoms with Gasteiger partial charge in [0.15, 0.2) is 11.5 Å². The summed E-state index contributed by atoms with van der Waals surface area (Å²) in [6, 6.07) is 3.27. The van der Waals surface area contributed by atoms with E-state index >= 15 is 0 Å². The average Bonchev–Trinajstić information content (AvgIpc) is 2.58. The Hall–Kier alpha value is -3.07. The molecular formula is C17H19ClN4O5. The lowest BCUT2D eigenvalue weighted by Crippen LogP contribution is -2.30. The number of H-pyrrole nitrogens is 2. The number of hydrogen-bond donors (Lipinski definition) is 3. The molecule has 27 heavy (non-hydrogen) atoms. The summed E-state index contributed by atoms with van der Waals surface area (Å²) >= 11 is 6.15.